The molecule has 1 saturated carbocycles. The molecule has 0 saturated heterocycles. The fourth-order valence-electron chi connectivity index (χ4n) is 2.04. The summed E-state index contributed by atoms with van der Waals surface area (Å²) in [6, 6.07) is 1.81. The highest BCUT2D eigenvalue weighted by Gasteiger charge is 2.45. The van der Waals surface area contributed by atoms with Gasteiger partial charge < -0.3 is 11.1 Å². The maximum absolute atomic E-state index is 5.84. The first-order valence-corrected chi connectivity index (χ1v) is 6.57. The molecule has 1 aromatic rings. The summed E-state index contributed by atoms with van der Waals surface area (Å²) in [6.07, 6.45) is 1.28. The molecule has 1 unspecified atom stereocenters. The molecule has 4 nitrogen and oxygen atoms in total. The van der Waals surface area contributed by atoms with Crippen LogP contribution in [0.3, 0.4) is 0 Å². The lowest BCUT2D eigenvalue weighted by molar-refractivity contribution is 0.545. The van der Waals surface area contributed by atoms with E-state index in [1.807, 2.05) is 6.07 Å². The first-order chi connectivity index (χ1) is 8.18. The third-order valence-electron chi connectivity index (χ3n) is 3.66. The number of rotatable bonds is 3. The van der Waals surface area contributed by atoms with Crippen LogP contribution < -0.4 is 11.1 Å². The van der Waals surface area contributed by atoms with Crippen molar-refractivity contribution in [1.29, 1.82) is 0 Å². The van der Waals surface area contributed by atoms with E-state index in [-0.39, 0.29) is 5.41 Å². The standard InChI is InChI=1S/C14H24N4/c1-13(2,3)12-17-10(15)6-11(18-12)16-8-9-7-14(9,4)5/h6,9H,7-8H2,1-5H3,(H3,15,16,17,18). The number of nitrogens with two attached hydrogens (primary N) is 1. The van der Waals surface area contributed by atoms with E-state index < -0.39 is 0 Å². The second-order valence-corrected chi connectivity index (χ2v) is 7.02. The van der Waals surface area contributed by atoms with E-state index in [1.165, 1.54) is 6.42 Å². The Balaban J connectivity index is 2.07. The number of hydrogen-bond donors (Lipinski definition) is 2. The van der Waals surface area contributed by atoms with Gasteiger partial charge in [0.25, 0.3) is 0 Å². The van der Waals surface area contributed by atoms with Crippen LogP contribution >= 0.6 is 0 Å². The molecule has 2 rings (SSSR count). The van der Waals surface area contributed by atoms with Crippen LogP contribution in [-0.2, 0) is 5.41 Å². The number of anilines is 2. The van der Waals surface area contributed by atoms with Gasteiger partial charge in [-0.1, -0.05) is 34.6 Å². The molecule has 1 aliphatic carbocycles. The Bertz CT molecular complexity index is 446. The number of nitrogens with one attached hydrogen (secondary N) is 1. The van der Waals surface area contributed by atoms with E-state index in [0.717, 1.165) is 24.1 Å². The monoisotopic (exact) mass is 248 g/mol. The Morgan fingerprint density at radius 3 is 2.50 bits per heavy atom. The molecule has 1 aliphatic rings. The van der Waals surface area contributed by atoms with Gasteiger partial charge in [-0.3, -0.25) is 0 Å². The van der Waals surface area contributed by atoms with E-state index in [0.29, 0.717) is 11.2 Å². The molecule has 3 N–H and O–H groups in total. The molecule has 0 bridgehead atoms. The lowest BCUT2D eigenvalue weighted by Crippen LogP contribution is -2.19. The summed E-state index contributed by atoms with van der Waals surface area (Å²) in [5.41, 5.74) is 6.25. The van der Waals surface area contributed by atoms with Crippen molar-refractivity contribution in [3.05, 3.63) is 11.9 Å². The summed E-state index contributed by atoms with van der Waals surface area (Å²) in [4.78, 5) is 8.85. The van der Waals surface area contributed by atoms with Crippen molar-refractivity contribution in [1.82, 2.24) is 9.97 Å². The largest absolute Gasteiger partial charge is 0.384 e. The van der Waals surface area contributed by atoms with Crippen molar-refractivity contribution >= 4 is 11.6 Å². The van der Waals surface area contributed by atoms with Crippen LogP contribution in [0.1, 0.15) is 46.9 Å². The molecule has 0 spiro atoms. The molecule has 1 atom stereocenters. The minimum absolute atomic E-state index is 0.0787. The molecule has 1 aromatic heterocycles. The van der Waals surface area contributed by atoms with Crippen LogP contribution in [0.4, 0.5) is 11.6 Å². The van der Waals surface area contributed by atoms with Crippen LogP contribution in [0.25, 0.3) is 0 Å². The summed E-state index contributed by atoms with van der Waals surface area (Å²) in [5, 5.41) is 3.38. The summed E-state index contributed by atoms with van der Waals surface area (Å²) < 4.78 is 0. The highest BCUT2D eigenvalue weighted by molar-refractivity contribution is 5.45. The molecule has 0 amide bonds. The van der Waals surface area contributed by atoms with Crippen molar-refractivity contribution in [2.24, 2.45) is 11.3 Å². The highest BCUT2D eigenvalue weighted by Crippen LogP contribution is 2.51. The van der Waals surface area contributed by atoms with Gasteiger partial charge in [-0.25, -0.2) is 9.97 Å². The van der Waals surface area contributed by atoms with Gasteiger partial charge in [-0.05, 0) is 17.8 Å². The van der Waals surface area contributed by atoms with Crippen molar-refractivity contribution in [3.8, 4) is 0 Å². The zero-order valence-corrected chi connectivity index (χ0v) is 12.0. The number of aromatic nitrogens is 2. The molecule has 1 heterocycles. The maximum atomic E-state index is 5.84. The van der Waals surface area contributed by atoms with Gasteiger partial charge >= 0.3 is 0 Å². The summed E-state index contributed by atoms with van der Waals surface area (Å²) in [7, 11) is 0. The second kappa shape index (κ2) is 4.11. The lowest BCUT2D eigenvalue weighted by Gasteiger charge is -2.18. The zero-order valence-electron chi connectivity index (χ0n) is 12.0. The highest BCUT2D eigenvalue weighted by atomic mass is 15.1. The molecule has 18 heavy (non-hydrogen) atoms. The quantitative estimate of drug-likeness (QED) is 0.863. The summed E-state index contributed by atoms with van der Waals surface area (Å²) in [6.45, 7) is 11.8. The van der Waals surface area contributed by atoms with Crippen molar-refractivity contribution < 1.29 is 0 Å². The summed E-state index contributed by atoms with van der Waals surface area (Å²) >= 11 is 0. The van der Waals surface area contributed by atoms with Gasteiger partial charge in [0.2, 0.25) is 0 Å². The van der Waals surface area contributed by atoms with Crippen molar-refractivity contribution in [3.63, 3.8) is 0 Å². The van der Waals surface area contributed by atoms with Gasteiger partial charge in [0.15, 0.2) is 0 Å². The van der Waals surface area contributed by atoms with Crippen LogP contribution in [-0.4, -0.2) is 16.5 Å². The van der Waals surface area contributed by atoms with E-state index >= 15 is 0 Å². The van der Waals surface area contributed by atoms with E-state index in [9.17, 15) is 0 Å². The number of nitrogen functional groups attached to an aromatic ring is 1. The van der Waals surface area contributed by atoms with Crippen molar-refractivity contribution in [2.45, 2.75) is 46.5 Å². The van der Waals surface area contributed by atoms with Gasteiger partial charge in [0.1, 0.15) is 17.5 Å². The van der Waals surface area contributed by atoms with Gasteiger partial charge in [0.05, 0.1) is 0 Å². The molecule has 0 aliphatic heterocycles. The molecular formula is C14H24N4. The topological polar surface area (TPSA) is 63.8 Å². The number of hydrogen-bond acceptors (Lipinski definition) is 4. The first kappa shape index (κ1) is 13.1. The Labute approximate surface area is 109 Å². The average molecular weight is 248 g/mol. The molecule has 100 valence electrons. The molecule has 0 radical (unpaired) electrons. The van der Waals surface area contributed by atoms with Crippen molar-refractivity contribution in [2.75, 3.05) is 17.6 Å². The van der Waals surface area contributed by atoms with E-state index in [2.05, 4.69) is 49.9 Å². The normalized spacial score (nSPS) is 21.7. The Morgan fingerprint density at radius 1 is 1.39 bits per heavy atom. The fraction of sp³-hybridized carbons (Fsp3) is 0.714. The third kappa shape index (κ3) is 2.92. The van der Waals surface area contributed by atoms with Gasteiger partial charge in [0, 0.05) is 18.0 Å². The van der Waals surface area contributed by atoms with Crippen LogP contribution in [0, 0.1) is 11.3 Å². The summed E-state index contributed by atoms with van der Waals surface area (Å²) in [5.74, 6) is 2.91. The van der Waals surface area contributed by atoms with E-state index in [1.54, 1.807) is 0 Å². The molecule has 4 heteroatoms. The molecular weight excluding hydrogens is 224 g/mol. The predicted molar refractivity (Wildman–Crippen MR) is 75.5 cm³/mol. The Kier molecular flexibility index (Phi) is 2.99. The minimum atomic E-state index is -0.0787. The average Bonchev–Trinajstić information content (AvgIpc) is 2.81. The van der Waals surface area contributed by atoms with Gasteiger partial charge in [-0.15, -0.1) is 0 Å². The minimum Gasteiger partial charge on any atom is -0.384 e. The smallest absolute Gasteiger partial charge is 0.138 e. The van der Waals surface area contributed by atoms with Crippen LogP contribution in [0.15, 0.2) is 6.07 Å². The SMILES string of the molecule is CC(C)(C)c1nc(N)cc(NCC2CC2(C)C)n1. The Morgan fingerprint density at radius 2 is 2.00 bits per heavy atom. The third-order valence-corrected chi connectivity index (χ3v) is 3.66. The maximum Gasteiger partial charge on any atom is 0.138 e. The predicted octanol–water partition coefficient (Wildman–Crippen LogP) is 2.81. The molecule has 1 fully saturated rings. The number of nitrogens with zero attached hydrogens (tertiary/aromatic N) is 2. The van der Waals surface area contributed by atoms with E-state index in [4.69, 9.17) is 5.73 Å². The molecule has 0 aromatic carbocycles. The van der Waals surface area contributed by atoms with Gasteiger partial charge in [-0.2, -0.15) is 0 Å². The second-order valence-electron chi connectivity index (χ2n) is 7.02. The first-order valence-electron chi connectivity index (χ1n) is 6.57. The Hall–Kier alpha value is -1.32. The fourth-order valence-corrected chi connectivity index (χ4v) is 2.04. The lowest BCUT2D eigenvalue weighted by atomic mass is 9.96. The van der Waals surface area contributed by atoms with Crippen LogP contribution in [0.2, 0.25) is 0 Å². The van der Waals surface area contributed by atoms with Crippen LogP contribution in [0.5, 0.6) is 0 Å². The zero-order chi connectivity index (χ0) is 13.6.